The van der Waals surface area contributed by atoms with Crippen molar-refractivity contribution in [1.29, 1.82) is 0 Å². The van der Waals surface area contributed by atoms with Crippen LogP contribution in [0.25, 0.3) is 0 Å². The zero-order valence-electron chi connectivity index (χ0n) is 16.3. The molecule has 158 valence electrons. The molecular weight excluding hydrogens is 375 g/mol. The number of hydrogen-bond acceptors (Lipinski definition) is 1. The van der Waals surface area contributed by atoms with Gasteiger partial charge in [-0.15, -0.1) is 0 Å². The second kappa shape index (κ2) is 9.00. The lowest BCUT2D eigenvalue weighted by Crippen LogP contribution is -2.37. The van der Waals surface area contributed by atoms with Gasteiger partial charge in [-0.05, 0) is 43.4 Å². The van der Waals surface area contributed by atoms with Crippen LogP contribution in [0.1, 0.15) is 71.1 Å². The van der Waals surface area contributed by atoms with Gasteiger partial charge in [0.1, 0.15) is 5.75 Å². The second-order valence-electron chi connectivity index (χ2n) is 8.79. The maximum atomic E-state index is 14.4. The first-order chi connectivity index (χ1) is 13.2. The largest absolute Gasteiger partial charge is 0.432 e. The minimum Gasteiger partial charge on any atom is -0.432 e. The third-order valence-corrected chi connectivity index (χ3v) is 6.65. The van der Waals surface area contributed by atoms with E-state index in [1.54, 1.807) is 0 Å². The molecule has 0 amide bonds. The normalized spacial score (nSPS) is 28.9. The van der Waals surface area contributed by atoms with Crippen LogP contribution in [0.3, 0.4) is 0 Å². The Bertz CT molecular complexity index is 623. The third kappa shape index (κ3) is 5.38. The molecule has 2 fully saturated rings. The summed E-state index contributed by atoms with van der Waals surface area (Å²) < 4.78 is 72.9. The standard InChI is InChI=1S/C22H29F5O/c1-14-2-4-15(5-3-14)6-7-16-8-10-17(11-9-16)22(26,27)28-18-12-19(23)21(25)20(24)13-18/h12-17H,2-11H2,1H3. The highest BCUT2D eigenvalue weighted by Gasteiger charge is 2.44. The summed E-state index contributed by atoms with van der Waals surface area (Å²) in [5.41, 5.74) is 0. The van der Waals surface area contributed by atoms with Gasteiger partial charge in [0.15, 0.2) is 17.5 Å². The average molecular weight is 404 g/mol. The van der Waals surface area contributed by atoms with Crippen LogP contribution in [0.4, 0.5) is 22.0 Å². The summed E-state index contributed by atoms with van der Waals surface area (Å²) in [4.78, 5) is 0. The molecule has 0 atom stereocenters. The molecule has 0 bridgehead atoms. The maximum absolute atomic E-state index is 14.4. The van der Waals surface area contributed by atoms with Gasteiger partial charge in [0, 0.05) is 12.1 Å². The van der Waals surface area contributed by atoms with E-state index in [0.29, 0.717) is 30.9 Å². The van der Waals surface area contributed by atoms with Crippen LogP contribution < -0.4 is 4.74 Å². The summed E-state index contributed by atoms with van der Waals surface area (Å²) in [7, 11) is 0. The molecule has 2 aliphatic carbocycles. The maximum Gasteiger partial charge on any atom is 0.400 e. The van der Waals surface area contributed by atoms with Crippen molar-refractivity contribution in [2.24, 2.45) is 23.7 Å². The summed E-state index contributed by atoms with van der Waals surface area (Å²) in [5.74, 6) is -4.36. The van der Waals surface area contributed by atoms with Gasteiger partial charge in [-0.25, -0.2) is 13.2 Å². The highest BCUT2D eigenvalue weighted by Crippen LogP contribution is 2.42. The highest BCUT2D eigenvalue weighted by molar-refractivity contribution is 5.25. The van der Waals surface area contributed by atoms with Crippen molar-refractivity contribution in [3.05, 3.63) is 29.6 Å². The highest BCUT2D eigenvalue weighted by atomic mass is 19.3. The molecule has 0 heterocycles. The summed E-state index contributed by atoms with van der Waals surface area (Å²) in [6.07, 6.45) is 6.00. The summed E-state index contributed by atoms with van der Waals surface area (Å²) in [5, 5.41) is 0. The van der Waals surface area contributed by atoms with Crippen molar-refractivity contribution in [3.63, 3.8) is 0 Å². The van der Waals surface area contributed by atoms with E-state index in [1.165, 1.54) is 32.1 Å². The third-order valence-electron chi connectivity index (χ3n) is 6.65. The Kier molecular flexibility index (Phi) is 6.87. The Morgan fingerprint density at radius 3 is 1.79 bits per heavy atom. The second-order valence-corrected chi connectivity index (χ2v) is 8.79. The smallest absolute Gasteiger partial charge is 0.400 e. The first-order valence-corrected chi connectivity index (χ1v) is 10.5. The van der Waals surface area contributed by atoms with Crippen molar-refractivity contribution >= 4 is 0 Å². The van der Waals surface area contributed by atoms with Crippen LogP contribution >= 0.6 is 0 Å². The minimum atomic E-state index is -3.53. The molecule has 28 heavy (non-hydrogen) atoms. The van der Waals surface area contributed by atoms with Crippen LogP contribution in [0, 0.1) is 41.1 Å². The molecular formula is C22H29F5O. The van der Waals surface area contributed by atoms with Gasteiger partial charge in [0.2, 0.25) is 0 Å². The molecule has 0 spiro atoms. The van der Waals surface area contributed by atoms with E-state index in [2.05, 4.69) is 11.7 Å². The Morgan fingerprint density at radius 2 is 1.29 bits per heavy atom. The topological polar surface area (TPSA) is 9.23 Å². The van der Waals surface area contributed by atoms with E-state index in [4.69, 9.17) is 0 Å². The predicted molar refractivity (Wildman–Crippen MR) is 97.7 cm³/mol. The van der Waals surface area contributed by atoms with Gasteiger partial charge >= 0.3 is 6.11 Å². The first-order valence-electron chi connectivity index (χ1n) is 10.5. The van der Waals surface area contributed by atoms with Crippen LogP contribution in [0.5, 0.6) is 5.75 Å². The van der Waals surface area contributed by atoms with Crippen LogP contribution in [-0.4, -0.2) is 6.11 Å². The quantitative estimate of drug-likeness (QED) is 0.353. The lowest BCUT2D eigenvalue weighted by Gasteiger charge is -2.34. The fourth-order valence-corrected chi connectivity index (χ4v) is 4.71. The summed E-state index contributed by atoms with van der Waals surface area (Å²) in [6, 6.07) is 0.923. The fourth-order valence-electron chi connectivity index (χ4n) is 4.71. The fraction of sp³-hybridized carbons (Fsp3) is 0.727. The van der Waals surface area contributed by atoms with E-state index in [9.17, 15) is 22.0 Å². The molecule has 6 heteroatoms. The molecule has 0 radical (unpaired) electrons. The number of alkyl halides is 2. The Morgan fingerprint density at radius 1 is 0.821 bits per heavy atom. The first kappa shape index (κ1) is 21.4. The summed E-state index contributed by atoms with van der Waals surface area (Å²) in [6.45, 7) is 2.30. The molecule has 1 aromatic rings. The van der Waals surface area contributed by atoms with Gasteiger partial charge in [0.05, 0.1) is 5.92 Å². The number of rotatable bonds is 6. The molecule has 2 saturated carbocycles. The summed E-state index contributed by atoms with van der Waals surface area (Å²) >= 11 is 0. The zero-order chi connectivity index (χ0) is 20.3. The van der Waals surface area contributed by atoms with Crippen LogP contribution in [0.2, 0.25) is 0 Å². The number of ether oxygens (including phenoxy) is 1. The average Bonchev–Trinajstić information content (AvgIpc) is 2.65. The number of halogens is 5. The van der Waals surface area contributed by atoms with Gasteiger partial charge in [0.25, 0.3) is 0 Å². The molecule has 0 unspecified atom stereocenters. The van der Waals surface area contributed by atoms with Gasteiger partial charge < -0.3 is 4.74 Å². The van der Waals surface area contributed by atoms with Crippen molar-refractivity contribution in [2.45, 2.75) is 77.2 Å². The molecule has 0 N–H and O–H groups in total. The zero-order valence-corrected chi connectivity index (χ0v) is 16.3. The Balaban J connectivity index is 1.46. The lowest BCUT2D eigenvalue weighted by molar-refractivity contribution is -0.223. The van der Waals surface area contributed by atoms with Gasteiger partial charge in [-0.2, -0.15) is 8.78 Å². The SMILES string of the molecule is CC1CCC(CCC2CCC(C(F)(F)Oc3cc(F)c(F)c(F)c3)CC2)CC1. The van der Waals surface area contributed by atoms with Gasteiger partial charge in [-0.3, -0.25) is 0 Å². The van der Waals surface area contributed by atoms with Crippen molar-refractivity contribution in [2.75, 3.05) is 0 Å². The number of benzene rings is 1. The molecule has 1 aromatic carbocycles. The minimum absolute atomic E-state index is 0.325. The Hall–Kier alpha value is -1.33. The molecule has 2 aliphatic rings. The Labute approximate surface area is 163 Å². The molecule has 0 aromatic heterocycles. The molecule has 0 aliphatic heterocycles. The van der Waals surface area contributed by atoms with Crippen LogP contribution in [0.15, 0.2) is 12.1 Å². The van der Waals surface area contributed by atoms with Crippen molar-refractivity contribution in [1.82, 2.24) is 0 Å². The van der Waals surface area contributed by atoms with E-state index in [1.807, 2.05) is 0 Å². The van der Waals surface area contributed by atoms with Crippen molar-refractivity contribution in [3.8, 4) is 5.75 Å². The lowest BCUT2D eigenvalue weighted by atomic mass is 9.75. The monoisotopic (exact) mass is 404 g/mol. The predicted octanol–water partition coefficient (Wildman–Crippen LogP) is 7.49. The van der Waals surface area contributed by atoms with E-state index in [-0.39, 0.29) is 0 Å². The van der Waals surface area contributed by atoms with E-state index < -0.39 is 35.2 Å². The van der Waals surface area contributed by atoms with E-state index >= 15 is 0 Å². The molecule has 1 nitrogen and oxygen atoms in total. The molecule has 0 saturated heterocycles. The number of hydrogen-bond donors (Lipinski definition) is 0. The van der Waals surface area contributed by atoms with E-state index in [0.717, 1.165) is 31.1 Å². The van der Waals surface area contributed by atoms with Crippen LogP contribution in [-0.2, 0) is 0 Å². The van der Waals surface area contributed by atoms with Crippen molar-refractivity contribution < 1.29 is 26.7 Å². The van der Waals surface area contributed by atoms with Gasteiger partial charge in [-0.1, -0.05) is 45.4 Å². The molecule has 3 rings (SSSR count).